The molecule has 0 spiro atoms. The Morgan fingerprint density at radius 3 is 2.45 bits per heavy atom. The number of hydrogen-bond acceptors (Lipinski definition) is 8. The zero-order valence-corrected chi connectivity index (χ0v) is 19.0. The van der Waals surface area contributed by atoms with Crippen LogP contribution in [0.4, 0.5) is 0 Å². The second-order valence-corrected chi connectivity index (χ2v) is 7.61. The van der Waals surface area contributed by atoms with Crippen LogP contribution in [0.5, 0.6) is 17.2 Å². The molecule has 3 rings (SSSR count). The van der Waals surface area contributed by atoms with E-state index in [9.17, 15) is 4.79 Å². The van der Waals surface area contributed by atoms with E-state index in [1.165, 1.54) is 11.8 Å². The van der Waals surface area contributed by atoms with Gasteiger partial charge in [-0.1, -0.05) is 5.16 Å². The van der Waals surface area contributed by atoms with Crippen LogP contribution in [0.25, 0.3) is 0 Å². The van der Waals surface area contributed by atoms with Crippen molar-refractivity contribution in [1.82, 2.24) is 15.5 Å². The Labute approximate surface area is 185 Å². The third-order valence-corrected chi connectivity index (χ3v) is 5.81. The van der Waals surface area contributed by atoms with Crippen LogP contribution >= 0.6 is 11.8 Å². The van der Waals surface area contributed by atoms with Crippen molar-refractivity contribution < 1.29 is 23.5 Å². The number of aryl methyl sites for hydroxylation is 2. The van der Waals surface area contributed by atoms with Crippen molar-refractivity contribution in [3.8, 4) is 17.2 Å². The summed E-state index contributed by atoms with van der Waals surface area (Å²) in [6.07, 6.45) is 1.67. The number of nitrogens with zero attached hydrogens (tertiary/aromatic N) is 2. The summed E-state index contributed by atoms with van der Waals surface area (Å²) in [5, 5.41) is 7.55. The van der Waals surface area contributed by atoms with Gasteiger partial charge in [0.15, 0.2) is 11.5 Å². The number of pyridine rings is 1. The molecular formula is C22H25N3O5S. The van der Waals surface area contributed by atoms with Crippen LogP contribution in [0.3, 0.4) is 0 Å². The number of thioether (sulfide) groups is 1. The molecule has 0 atom stereocenters. The summed E-state index contributed by atoms with van der Waals surface area (Å²) in [5.41, 5.74) is 3.12. The Kier molecular flexibility index (Phi) is 7.41. The van der Waals surface area contributed by atoms with Gasteiger partial charge >= 0.3 is 0 Å². The Morgan fingerprint density at radius 1 is 1.10 bits per heavy atom. The maximum atomic E-state index is 12.9. The highest BCUT2D eigenvalue weighted by Crippen LogP contribution is 2.34. The van der Waals surface area contributed by atoms with E-state index < -0.39 is 0 Å². The predicted octanol–water partition coefficient (Wildman–Crippen LogP) is 3.93. The summed E-state index contributed by atoms with van der Waals surface area (Å²) in [7, 11) is 4.69. The van der Waals surface area contributed by atoms with E-state index in [2.05, 4.69) is 15.5 Å². The van der Waals surface area contributed by atoms with Crippen molar-refractivity contribution in [2.24, 2.45) is 0 Å². The molecule has 8 nitrogen and oxygen atoms in total. The average molecular weight is 444 g/mol. The SMILES string of the molecule is COc1cc(OC)c(OC)cc1CNC(=O)c1cccnc1SCc1c(C)noc1C. The van der Waals surface area contributed by atoms with Gasteiger partial charge in [-0.05, 0) is 32.0 Å². The molecule has 1 amide bonds. The molecule has 9 heteroatoms. The lowest BCUT2D eigenvalue weighted by Crippen LogP contribution is -2.24. The number of rotatable bonds is 9. The summed E-state index contributed by atoms with van der Waals surface area (Å²) in [5.74, 6) is 2.86. The largest absolute Gasteiger partial charge is 0.496 e. The van der Waals surface area contributed by atoms with Crippen LogP contribution in [0.1, 0.15) is 32.9 Å². The molecule has 1 N–H and O–H groups in total. The van der Waals surface area contributed by atoms with E-state index in [1.54, 1.807) is 51.8 Å². The lowest BCUT2D eigenvalue weighted by molar-refractivity contribution is 0.0947. The zero-order chi connectivity index (χ0) is 22.4. The maximum absolute atomic E-state index is 12.9. The number of ether oxygens (including phenoxy) is 3. The number of benzene rings is 1. The van der Waals surface area contributed by atoms with Crippen LogP contribution in [0.2, 0.25) is 0 Å². The van der Waals surface area contributed by atoms with E-state index in [0.29, 0.717) is 33.6 Å². The van der Waals surface area contributed by atoms with E-state index in [1.807, 2.05) is 13.8 Å². The lowest BCUT2D eigenvalue weighted by Gasteiger charge is -2.15. The number of hydrogen-bond donors (Lipinski definition) is 1. The molecule has 0 bridgehead atoms. The fourth-order valence-electron chi connectivity index (χ4n) is 3.03. The molecule has 31 heavy (non-hydrogen) atoms. The third kappa shape index (κ3) is 5.11. The van der Waals surface area contributed by atoms with Crippen molar-refractivity contribution in [1.29, 1.82) is 0 Å². The van der Waals surface area contributed by atoms with Gasteiger partial charge in [0.1, 0.15) is 16.5 Å². The molecule has 2 aromatic heterocycles. The van der Waals surface area contributed by atoms with Gasteiger partial charge in [-0.25, -0.2) is 4.98 Å². The third-order valence-electron chi connectivity index (χ3n) is 4.78. The molecule has 0 saturated heterocycles. The minimum absolute atomic E-state index is 0.230. The fraction of sp³-hybridized carbons (Fsp3) is 0.318. The molecule has 0 aliphatic heterocycles. The van der Waals surface area contributed by atoms with Crippen molar-refractivity contribution in [2.75, 3.05) is 21.3 Å². The Balaban J connectivity index is 1.74. The first-order valence-corrected chi connectivity index (χ1v) is 10.5. The van der Waals surface area contributed by atoms with Gasteiger partial charge in [0.05, 0.1) is 32.6 Å². The van der Waals surface area contributed by atoms with Crippen LogP contribution in [0, 0.1) is 13.8 Å². The van der Waals surface area contributed by atoms with Crippen molar-refractivity contribution in [3.05, 3.63) is 58.6 Å². The van der Waals surface area contributed by atoms with Gasteiger partial charge in [0.25, 0.3) is 5.91 Å². The van der Waals surface area contributed by atoms with E-state index in [0.717, 1.165) is 22.6 Å². The van der Waals surface area contributed by atoms with Crippen LogP contribution in [-0.4, -0.2) is 37.4 Å². The van der Waals surface area contributed by atoms with Crippen LogP contribution in [-0.2, 0) is 12.3 Å². The molecule has 164 valence electrons. The number of amides is 1. The molecule has 0 fully saturated rings. The minimum atomic E-state index is -0.230. The Morgan fingerprint density at radius 2 is 1.81 bits per heavy atom. The molecule has 3 aromatic rings. The number of carbonyl (C=O) groups excluding carboxylic acids is 1. The van der Waals surface area contributed by atoms with Gasteiger partial charge < -0.3 is 24.1 Å². The highest BCUT2D eigenvalue weighted by Gasteiger charge is 2.17. The first-order chi connectivity index (χ1) is 15.0. The van der Waals surface area contributed by atoms with Gasteiger partial charge in [-0.2, -0.15) is 0 Å². The topological polar surface area (TPSA) is 95.7 Å². The molecule has 0 radical (unpaired) electrons. The Hall–Kier alpha value is -3.20. The second kappa shape index (κ2) is 10.2. The molecular weight excluding hydrogens is 418 g/mol. The first-order valence-electron chi connectivity index (χ1n) is 9.55. The van der Waals surface area contributed by atoms with Crippen molar-refractivity contribution in [3.63, 3.8) is 0 Å². The zero-order valence-electron chi connectivity index (χ0n) is 18.1. The monoisotopic (exact) mass is 443 g/mol. The molecule has 1 aromatic carbocycles. The van der Waals surface area contributed by atoms with Gasteiger partial charge in [0.2, 0.25) is 0 Å². The van der Waals surface area contributed by atoms with E-state index in [4.69, 9.17) is 18.7 Å². The standard InChI is InChI=1S/C22H25N3O5S/c1-13-17(14(2)30-25-13)12-31-22-16(7-6-8-23-22)21(26)24-11-15-9-19(28-4)20(29-5)10-18(15)27-3/h6-10H,11-12H2,1-5H3,(H,24,26). The number of methoxy groups -OCH3 is 3. The normalized spacial score (nSPS) is 10.6. The van der Waals surface area contributed by atoms with Gasteiger partial charge in [-0.15, -0.1) is 11.8 Å². The smallest absolute Gasteiger partial charge is 0.254 e. The molecule has 0 aliphatic carbocycles. The second-order valence-electron chi connectivity index (χ2n) is 6.65. The lowest BCUT2D eigenvalue weighted by atomic mass is 10.1. The fourth-order valence-corrected chi connectivity index (χ4v) is 4.17. The number of aromatic nitrogens is 2. The van der Waals surface area contributed by atoms with Crippen molar-refractivity contribution in [2.45, 2.75) is 31.2 Å². The summed E-state index contributed by atoms with van der Waals surface area (Å²) in [6.45, 7) is 4.03. The molecule has 0 saturated carbocycles. The number of carbonyl (C=O) groups is 1. The van der Waals surface area contributed by atoms with E-state index in [-0.39, 0.29) is 12.5 Å². The Bertz CT molecular complexity index is 1050. The maximum Gasteiger partial charge on any atom is 0.254 e. The van der Waals surface area contributed by atoms with Crippen LogP contribution < -0.4 is 19.5 Å². The average Bonchev–Trinajstić information content (AvgIpc) is 3.12. The molecule has 0 aliphatic rings. The molecule has 2 heterocycles. The van der Waals surface area contributed by atoms with E-state index >= 15 is 0 Å². The van der Waals surface area contributed by atoms with Gasteiger partial charge in [0, 0.05) is 35.7 Å². The highest BCUT2D eigenvalue weighted by atomic mass is 32.2. The molecule has 0 unspecified atom stereocenters. The van der Waals surface area contributed by atoms with Crippen molar-refractivity contribution >= 4 is 17.7 Å². The summed E-state index contributed by atoms with van der Waals surface area (Å²) in [6, 6.07) is 7.01. The van der Waals surface area contributed by atoms with Gasteiger partial charge in [-0.3, -0.25) is 4.79 Å². The minimum Gasteiger partial charge on any atom is -0.496 e. The highest BCUT2D eigenvalue weighted by molar-refractivity contribution is 7.98. The van der Waals surface area contributed by atoms with Crippen LogP contribution in [0.15, 0.2) is 40.0 Å². The number of nitrogens with one attached hydrogen (secondary N) is 1. The predicted molar refractivity (Wildman–Crippen MR) is 117 cm³/mol. The summed E-state index contributed by atoms with van der Waals surface area (Å²) < 4.78 is 21.3. The quantitative estimate of drug-likeness (QED) is 0.497. The summed E-state index contributed by atoms with van der Waals surface area (Å²) in [4.78, 5) is 17.3. The summed E-state index contributed by atoms with van der Waals surface area (Å²) >= 11 is 1.47. The first kappa shape index (κ1) is 22.5.